The summed E-state index contributed by atoms with van der Waals surface area (Å²) in [5.41, 5.74) is 0.851. The summed E-state index contributed by atoms with van der Waals surface area (Å²) in [7, 11) is 0. The fraction of sp³-hybridized carbons (Fsp3) is 0.435. The minimum absolute atomic E-state index is 0.0224. The highest BCUT2D eigenvalue weighted by molar-refractivity contribution is 7.99. The molecule has 1 N–H and O–H groups in total. The number of carbonyl (C=O) groups is 1. The van der Waals surface area contributed by atoms with Crippen LogP contribution in [0.1, 0.15) is 44.9 Å². The van der Waals surface area contributed by atoms with E-state index in [9.17, 15) is 4.79 Å². The third kappa shape index (κ3) is 4.81. The lowest BCUT2D eigenvalue weighted by Crippen LogP contribution is -2.15. The zero-order valence-corrected chi connectivity index (χ0v) is 17.8. The molecule has 2 aromatic carbocycles. The van der Waals surface area contributed by atoms with E-state index in [0.29, 0.717) is 5.75 Å². The number of aromatic nitrogens is 3. The zero-order valence-electron chi connectivity index (χ0n) is 16.9. The highest BCUT2D eigenvalue weighted by Crippen LogP contribution is 2.28. The molecule has 29 heavy (non-hydrogen) atoms. The molecule has 1 saturated carbocycles. The Kier molecular flexibility index (Phi) is 6.49. The summed E-state index contributed by atoms with van der Waals surface area (Å²) in [6.07, 6.45) is 7.63. The van der Waals surface area contributed by atoms with Gasteiger partial charge in [-0.15, -0.1) is 10.2 Å². The van der Waals surface area contributed by atoms with Gasteiger partial charge < -0.3 is 9.88 Å². The quantitative estimate of drug-likeness (QED) is 0.539. The molecule has 1 aliphatic carbocycles. The summed E-state index contributed by atoms with van der Waals surface area (Å²) in [5.74, 6) is 2.10. The van der Waals surface area contributed by atoms with Crippen molar-refractivity contribution in [2.45, 2.75) is 57.1 Å². The molecule has 5 nitrogen and oxygen atoms in total. The van der Waals surface area contributed by atoms with Crippen molar-refractivity contribution in [1.82, 2.24) is 14.8 Å². The van der Waals surface area contributed by atoms with Crippen LogP contribution in [0.25, 0.3) is 10.8 Å². The minimum Gasteiger partial charge on any atom is -0.325 e. The lowest BCUT2D eigenvalue weighted by molar-refractivity contribution is -0.113. The average Bonchev–Trinajstić information content (AvgIpc) is 3.14. The van der Waals surface area contributed by atoms with Gasteiger partial charge in [-0.2, -0.15) is 0 Å². The summed E-state index contributed by atoms with van der Waals surface area (Å²) in [6.45, 7) is 2.95. The monoisotopic (exact) mass is 408 g/mol. The van der Waals surface area contributed by atoms with E-state index in [4.69, 9.17) is 0 Å². The number of benzene rings is 2. The molecule has 4 rings (SSSR count). The first-order chi connectivity index (χ1) is 14.2. The zero-order chi connectivity index (χ0) is 20.1. The Morgan fingerprint density at radius 1 is 1.10 bits per heavy atom. The van der Waals surface area contributed by atoms with Gasteiger partial charge in [-0.3, -0.25) is 4.79 Å². The minimum atomic E-state index is -0.0224. The molecule has 6 heteroatoms. The molecule has 0 bridgehead atoms. The summed E-state index contributed by atoms with van der Waals surface area (Å²) in [6, 6.07) is 14.0. The molecule has 0 saturated heterocycles. The highest BCUT2D eigenvalue weighted by Gasteiger charge is 2.19. The van der Waals surface area contributed by atoms with Gasteiger partial charge in [0.15, 0.2) is 5.16 Å². The van der Waals surface area contributed by atoms with Crippen molar-refractivity contribution in [3.05, 3.63) is 48.3 Å². The molecule has 1 aliphatic rings. The van der Waals surface area contributed by atoms with E-state index in [1.54, 1.807) is 0 Å². The number of carbonyl (C=O) groups excluding carboxylic acids is 1. The van der Waals surface area contributed by atoms with E-state index in [1.807, 2.05) is 30.3 Å². The first-order valence-corrected chi connectivity index (χ1v) is 11.6. The van der Waals surface area contributed by atoms with E-state index < -0.39 is 0 Å². The first-order valence-electron chi connectivity index (χ1n) is 10.6. The van der Waals surface area contributed by atoms with Gasteiger partial charge in [-0.25, -0.2) is 0 Å². The largest absolute Gasteiger partial charge is 0.325 e. The van der Waals surface area contributed by atoms with E-state index in [2.05, 4.69) is 39.1 Å². The van der Waals surface area contributed by atoms with Crippen LogP contribution in [0.4, 0.5) is 5.69 Å². The number of fused-ring (bicyclic) bond motifs is 1. The Hall–Kier alpha value is -2.34. The van der Waals surface area contributed by atoms with Gasteiger partial charge >= 0.3 is 0 Å². The molecule has 0 spiro atoms. The molecule has 0 atom stereocenters. The molecule has 3 aromatic rings. The Balaban J connectivity index is 1.38. The van der Waals surface area contributed by atoms with Crippen LogP contribution in [0.2, 0.25) is 0 Å². The second-order valence-electron chi connectivity index (χ2n) is 7.71. The third-order valence-corrected chi connectivity index (χ3v) is 6.67. The number of hydrogen-bond donors (Lipinski definition) is 1. The van der Waals surface area contributed by atoms with Gasteiger partial charge in [-0.1, -0.05) is 80.3 Å². The molecule has 1 heterocycles. The van der Waals surface area contributed by atoms with Crippen LogP contribution >= 0.6 is 11.8 Å². The van der Waals surface area contributed by atoms with Gasteiger partial charge in [0.2, 0.25) is 5.91 Å². The van der Waals surface area contributed by atoms with Crippen LogP contribution in [0.15, 0.2) is 47.6 Å². The number of nitrogens with one attached hydrogen (secondary N) is 1. The molecule has 0 unspecified atom stereocenters. The maximum absolute atomic E-state index is 12.6. The van der Waals surface area contributed by atoms with Crippen molar-refractivity contribution in [2.24, 2.45) is 5.92 Å². The van der Waals surface area contributed by atoms with Gasteiger partial charge in [0, 0.05) is 24.0 Å². The number of amides is 1. The van der Waals surface area contributed by atoms with Crippen LogP contribution in [-0.4, -0.2) is 26.4 Å². The number of rotatable bonds is 7. The molecular formula is C23H28N4OS. The second-order valence-corrected chi connectivity index (χ2v) is 8.66. The van der Waals surface area contributed by atoms with Crippen molar-refractivity contribution in [2.75, 3.05) is 11.1 Å². The van der Waals surface area contributed by atoms with Crippen LogP contribution < -0.4 is 5.32 Å². The average molecular weight is 409 g/mol. The normalized spacial score (nSPS) is 14.9. The van der Waals surface area contributed by atoms with Crippen LogP contribution in [-0.2, 0) is 17.8 Å². The molecule has 1 aromatic heterocycles. The molecule has 152 valence electrons. The lowest BCUT2D eigenvalue weighted by Gasteiger charge is -2.21. The van der Waals surface area contributed by atoms with Crippen molar-refractivity contribution in [1.29, 1.82) is 0 Å². The molecule has 0 radical (unpaired) electrons. The summed E-state index contributed by atoms with van der Waals surface area (Å²) in [4.78, 5) is 12.6. The number of anilines is 1. The van der Waals surface area contributed by atoms with Crippen molar-refractivity contribution in [3.8, 4) is 0 Å². The number of hydrogen-bond acceptors (Lipinski definition) is 4. The number of thioether (sulfide) groups is 1. The Labute approximate surface area is 176 Å². The van der Waals surface area contributed by atoms with Crippen LogP contribution in [0.5, 0.6) is 0 Å². The molecule has 1 amide bonds. The maximum atomic E-state index is 12.6. The smallest absolute Gasteiger partial charge is 0.234 e. The SMILES string of the molecule is CCn1c(CC2CCCCC2)nnc1SCC(=O)Nc1cccc2ccccc12. The highest BCUT2D eigenvalue weighted by atomic mass is 32.2. The van der Waals surface area contributed by atoms with Crippen LogP contribution in [0, 0.1) is 5.92 Å². The second kappa shape index (κ2) is 9.44. The summed E-state index contributed by atoms with van der Waals surface area (Å²) in [5, 5.41) is 14.9. The van der Waals surface area contributed by atoms with Gasteiger partial charge in [-0.05, 0) is 24.3 Å². The standard InChI is InChI=1S/C23H28N4OS/c1-2-27-21(15-17-9-4-3-5-10-17)25-26-23(27)29-16-22(28)24-20-14-8-12-18-11-6-7-13-19(18)20/h6-8,11-14,17H,2-5,9-10,15-16H2,1H3,(H,24,28). The number of nitrogens with zero attached hydrogens (tertiary/aromatic N) is 3. The lowest BCUT2D eigenvalue weighted by atomic mass is 9.87. The molecule has 1 fully saturated rings. The van der Waals surface area contributed by atoms with E-state index in [-0.39, 0.29) is 5.91 Å². The topological polar surface area (TPSA) is 59.8 Å². The summed E-state index contributed by atoms with van der Waals surface area (Å²) >= 11 is 1.46. The van der Waals surface area contributed by atoms with Gasteiger partial charge in [0.05, 0.1) is 5.75 Å². The Morgan fingerprint density at radius 3 is 2.72 bits per heavy atom. The van der Waals surface area contributed by atoms with Crippen molar-refractivity contribution >= 4 is 34.1 Å². The van der Waals surface area contributed by atoms with E-state index in [0.717, 1.165) is 46.3 Å². The molecule has 0 aliphatic heterocycles. The third-order valence-electron chi connectivity index (χ3n) is 5.70. The Morgan fingerprint density at radius 2 is 1.90 bits per heavy atom. The fourth-order valence-electron chi connectivity index (χ4n) is 4.19. The Bertz CT molecular complexity index is 973. The first kappa shape index (κ1) is 20.0. The van der Waals surface area contributed by atoms with Gasteiger partial charge in [0.1, 0.15) is 5.82 Å². The van der Waals surface area contributed by atoms with E-state index in [1.165, 1.54) is 43.9 Å². The van der Waals surface area contributed by atoms with Crippen molar-refractivity contribution < 1.29 is 4.79 Å². The predicted octanol–water partition coefficient (Wildman–Crippen LogP) is 5.30. The maximum Gasteiger partial charge on any atom is 0.234 e. The van der Waals surface area contributed by atoms with Crippen molar-refractivity contribution in [3.63, 3.8) is 0 Å². The van der Waals surface area contributed by atoms with E-state index >= 15 is 0 Å². The fourth-order valence-corrected chi connectivity index (χ4v) is 5.02. The predicted molar refractivity (Wildman–Crippen MR) is 119 cm³/mol. The van der Waals surface area contributed by atoms with Gasteiger partial charge in [0.25, 0.3) is 0 Å². The molecular weight excluding hydrogens is 380 g/mol. The summed E-state index contributed by atoms with van der Waals surface area (Å²) < 4.78 is 2.17. The van der Waals surface area contributed by atoms with Crippen LogP contribution in [0.3, 0.4) is 0 Å².